The summed E-state index contributed by atoms with van der Waals surface area (Å²) in [5.41, 5.74) is 3.66. The van der Waals surface area contributed by atoms with E-state index in [9.17, 15) is 0 Å². The number of ether oxygens (including phenoxy) is 2. The Morgan fingerprint density at radius 1 is 1.25 bits per heavy atom. The molecule has 2 aromatic carbocycles. The van der Waals surface area contributed by atoms with Crippen LogP contribution in [0.4, 0.5) is 0 Å². The highest BCUT2D eigenvalue weighted by Gasteiger charge is 2.17. The van der Waals surface area contributed by atoms with Crippen LogP contribution < -0.4 is 9.47 Å². The monoisotopic (exact) mass is 332 g/mol. The van der Waals surface area contributed by atoms with Crippen LogP contribution in [0.25, 0.3) is 0 Å². The minimum atomic E-state index is 0.537. The molecule has 2 nitrogen and oxygen atoms in total. The molecule has 0 N–H and O–H groups in total. The van der Waals surface area contributed by atoms with Gasteiger partial charge in [-0.3, -0.25) is 0 Å². The molecule has 0 spiro atoms. The lowest BCUT2D eigenvalue weighted by Crippen LogP contribution is -1.99. The molecule has 2 aromatic rings. The molecule has 3 rings (SSSR count). The number of fused-ring (bicyclic) bond motifs is 1. The number of rotatable bonds is 4. The molecule has 0 aliphatic carbocycles. The maximum atomic E-state index is 5.91. The molecule has 20 heavy (non-hydrogen) atoms. The summed E-state index contributed by atoms with van der Waals surface area (Å²) in [6.07, 6.45) is 2.00. The van der Waals surface area contributed by atoms with Crippen LogP contribution in [0.2, 0.25) is 0 Å². The second-order valence-electron chi connectivity index (χ2n) is 4.94. The zero-order valence-corrected chi connectivity index (χ0v) is 13.1. The van der Waals surface area contributed by atoms with Crippen molar-refractivity contribution in [2.45, 2.75) is 26.4 Å². The molecule has 0 bridgehead atoms. The highest BCUT2D eigenvalue weighted by Crippen LogP contribution is 2.33. The molecule has 0 saturated carbocycles. The summed E-state index contributed by atoms with van der Waals surface area (Å²) in [4.78, 5) is 0. The van der Waals surface area contributed by atoms with Crippen molar-refractivity contribution in [3.05, 3.63) is 57.6 Å². The van der Waals surface area contributed by atoms with E-state index in [1.807, 2.05) is 12.1 Å². The van der Waals surface area contributed by atoms with E-state index in [-0.39, 0.29) is 0 Å². The Hall–Kier alpha value is -1.48. The first-order valence-electron chi connectivity index (χ1n) is 6.92. The van der Waals surface area contributed by atoms with Crippen LogP contribution in [0, 0.1) is 0 Å². The van der Waals surface area contributed by atoms with Crippen molar-refractivity contribution in [3.8, 4) is 11.5 Å². The van der Waals surface area contributed by atoms with Gasteiger partial charge >= 0.3 is 0 Å². The first kappa shape index (κ1) is 13.5. The van der Waals surface area contributed by atoms with Gasteiger partial charge in [-0.25, -0.2) is 0 Å². The normalized spacial score (nSPS) is 12.9. The zero-order chi connectivity index (χ0) is 13.9. The third kappa shape index (κ3) is 2.83. The molecule has 0 atom stereocenters. The number of hydrogen-bond donors (Lipinski definition) is 0. The Morgan fingerprint density at radius 2 is 2.15 bits per heavy atom. The van der Waals surface area contributed by atoms with Crippen molar-refractivity contribution >= 4 is 15.9 Å². The smallest absolute Gasteiger partial charge is 0.129 e. The molecular weight excluding hydrogens is 316 g/mol. The zero-order valence-electron chi connectivity index (χ0n) is 11.5. The largest absolute Gasteiger partial charge is 0.493 e. The third-order valence-electron chi connectivity index (χ3n) is 3.53. The van der Waals surface area contributed by atoms with E-state index in [0.29, 0.717) is 6.61 Å². The van der Waals surface area contributed by atoms with E-state index in [2.05, 4.69) is 47.1 Å². The van der Waals surface area contributed by atoms with E-state index in [1.54, 1.807) is 0 Å². The van der Waals surface area contributed by atoms with Gasteiger partial charge in [0.2, 0.25) is 0 Å². The predicted octanol–water partition coefficient (Wildman–Crippen LogP) is 4.53. The highest BCUT2D eigenvalue weighted by molar-refractivity contribution is 9.10. The van der Waals surface area contributed by atoms with Gasteiger partial charge in [-0.2, -0.15) is 0 Å². The van der Waals surface area contributed by atoms with Crippen molar-refractivity contribution < 1.29 is 9.47 Å². The van der Waals surface area contributed by atoms with Gasteiger partial charge in [0.05, 0.1) is 6.61 Å². The summed E-state index contributed by atoms with van der Waals surface area (Å²) in [7, 11) is 0. The fourth-order valence-electron chi connectivity index (χ4n) is 2.47. The first-order valence-corrected chi connectivity index (χ1v) is 7.71. The average Bonchev–Trinajstić information content (AvgIpc) is 2.93. The van der Waals surface area contributed by atoms with E-state index >= 15 is 0 Å². The lowest BCUT2D eigenvalue weighted by molar-refractivity contribution is 0.291. The Kier molecular flexibility index (Phi) is 3.97. The summed E-state index contributed by atoms with van der Waals surface area (Å²) in [6, 6.07) is 12.5. The van der Waals surface area contributed by atoms with Crippen LogP contribution in [0.3, 0.4) is 0 Å². The lowest BCUT2D eigenvalue weighted by Gasteiger charge is -2.11. The number of benzene rings is 2. The lowest BCUT2D eigenvalue weighted by atomic mass is 10.1. The van der Waals surface area contributed by atoms with Crippen molar-refractivity contribution in [1.29, 1.82) is 0 Å². The van der Waals surface area contributed by atoms with Crippen LogP contribution in [-0.4, -0.2) is 6.61 Å². The topological polar surface area (TPSA) is 18.5 Å². The molecule has 104 valence electrons. The molecule has 0 radical (unpaired) electrons. The van der Waals surface area contributed by atoms with E-state index in [1.165, 1.54) is 11.1 Å². The van der Waals surface area contributed by atoms with Crippen molar-refractivity contribution in [1.82, 2.24) is 0 Å². The van der Waals surface area contributed by atoms with Gasteiger partial charge in [-0.1, -0.05) is 35.0 Å². The quantitative estimate of drug-likeness (QED) is 0.819. The molecule has 0 aromatic heterocycles. The van der Waals surface area contributed by atoms with Crippen molar-refractivity contribution in [2.24, 2.45) is 0 Å². The standard InChI is InChI=1S/C17H17BrO2/c1-2-12-4-3-5-16(8-12)20-11-14-10-15(18)9-13-6-7-19-17(13)14/h3-5,8-10H,2,6-7,11H2,1H3. The van der Waals surface area contributed by atoms with Crippen LogP contribution in [-0.2, 0) is 19.4 Å². The maximum absolute atomic E-state index is 5.91. The number of halogens is 1. The number of hydrogen-bond acceptors (Lipinski definition) is 2. The first-order chi connectivity index (χ1) is 9.76. The van der Waals surface area contributed by atoms with E-state index in [4.69, 9.17) is 9.47 Å². The van der Waals surface area contributed by atoms with Gasteiger partial charge in [-0.05, 0) is 41.8 Å². The molecule has 0 unspecified atom stereocenters. The van der Waals surface area contributed by atoms with Crippen molar-refractivity contribution in [2.75, 3.05) is 6.61 Å². The van der Waals surface area contributed by atoms with E-state index < -0.39 is 0 Å². The van der Waals surface area contributed by atoms with Crippen molar-refractivity contribution in [3.63, 3.8) is 0 Å². The molecule has 0 fully saturated rings. The Balaban J connectivity index is 1.78. The summed E-state index contributed by atoms with van der Waals surface area (Å²) >= 11 is 3.55. The molecule has 3 heteroatoms. The fraction of sp³-hybridized carbons (Fsp3) is 0.294. The Bertz CT molecular complexity index is 622. The van der Waals surface area contributed by atoms with Gasteiger partial charge < -0.3 is 9.47 Å². The van der Waals surface area contributed by atoms with Gasteiger partial charge in [0.25, 0.3) is 0 Å². The molecule has 1 aliphatic heterocycles. The minimum absolute atomic E-state index is 0.537. The van der Waals surface area contributed by atoms with Gasteiger partial charge in [0.15, 0.2) is 0 Å². The SMILES string of the molecule is CCc1cccc(OCc2cc(Br)cc3c2OCC3)c1. The average molecular weight is 333 g/mol. The molecule has 1 heterocycles. The van der Waals surface area contributed by atoms with Gasteiger partial charge in [-0.15, -0.1) is 0 Å². The fourth-order valence-corrected chi connectivity index (χ4v) is 3.02. The Labute approximate surface area is 127 Å². The summed E-state index contributed by atoms with van der Waals surface area (Å²) in [5, 5.41) is 0. The third-order valence-corrected chi connectivity index (χ3v) is 3.98. The van der Waals surface area contributed by atoms with Crippen LogP contribution in [0.15, 0.2) is 40.9 Å². The van der Waals surface area contributed by atoms with Crippen LogP contribution >= 0.6 is 15.9 Å². The molecule has 0 saturated heterocycles. The van der Waals surface area contributed by atoms with Gasteiger partial charge in [0.1, 0.15) is 18.1 Å². The second kappa shape index (κ2) is 5.88. The van der Waals surface area contributed by atoms with Crippen LogP contribution in [0.1, 0.15) is 23.6 Å². The maximum Gasteiger partial charge on any atom is 0.129 e. The molecule has 0 amide bonds. The summed E-state index contributed by atoms with van der Waals surface area (Å²) in [5.74, 6) is 1.91. The van der Waals surface area contributed by atoms with Crippen LogP contribution in [0.5, 0.6) is 11.5 Å². The Morgan fingerprint density at radius 3 is 3.00 bits per heavy atom. The predicted molar refractivity (Wildman–Crippen MR) is 83.5 cm³/mol. The number of aryl methyl sites for hydroxylation is 1. The molecular formula is C17H17BrO2. The summed E-state index contributed by atoms with van der Waals surface area (Å²) < 4.78 is 12.7. The second-order valence-corrected chi connectivity index (χ2v) is 5.86. The summed E-state index contributed by atoms with van der Waals surface area (Å²) in [6.45, 7) is 3.45. The van der Waals surface area contributed by atoms with Gasteiger partial charge in [0, 0.05) is 16.5 Å². The highest BCUT2D eigenvalue weighted by atomic mass is 79.9. The molecule has 1 aliphatic rings. The van der Waals surface area contributed by atoms with E-state index in [0.717, 1.165) is 41.0 Å². The minimum Gasteiger partial charge on any atom is -0.493 e.